The number of para-hydroxylation sites is 1. The Morgan fingerprint density at radius 1 is 0.246 bits per heavy atom. The molecule has 0 aliphatic carbocycles. The summed E-state index contributed by atoms with van der Waals surface area (Å²) in [6.07, 6.45) is 0. The third-order valence-electron chi connectivity index (χ3n) is 11.9. The van der Waals surface area contributed by atoms with Crippen molar-refractivity contribution in [2.75, 3.05) is 0 Å². The molecule has 61 heavy (non-hydrogen) atoms. The molecule has 4 heteroatoms. The number of hydrogen-bond donors (Lipinski definition) is 0. The number of rotatable bonds is 6. The van der Waals surface area contributed by atoms with Gasteiger partial charge >= 0.3 is 0 Å². The van der Waals surface area contributed by atoms with E-state index in [0.717, 1.165) is 60.9 Å². The molecule has 2 heterocycles. The maximum absolute atomic E-state index is 6.60. The van der Waals surface area contributed by atoms with Crippen LogP contribution in [0.3, 0.4) is 0 Å². The largest absolute Gasteiger partial charge is 0.456 e. The predicted octanol–water partition coefficient (Wildman–Crippen LogP) is 15.2. The topological polar surface area (TPSA) is 51.8 Å². The molecule has 0 fully saturated rings. The van der Waals surface area contributed by atoms with E-state index in [2.05, 4.69) is 140 Å². The van der Waals surface area contributed by atoms with E-state index in [-0.39, 0.29) is 0 Å². The zero-order valence-corrected chi connectivity index (χ0v) is 33.0. The van der Waals surface area contributed by atoms with Gasteiger partial charge in [0, 0.05) is 27.5 Å². The summed E-state index contributed by atoms with van der Waals surface area (Å²) in [6.45, 7) is 0. The van der Waals surface area contributed by atoms with E-state index in [0.29, 0.717) is 17.5 Å². The lowest BCUT2D eigenvalue weighted by Crippen LogP contribution is -2.00. The predicted molar refractivity (Wildman–Crippen MR) is 252 cm³/mol. The average molecular weight is 778 g/mol. The van der Waals surface area contributed by atoms with Gasteiger partial charge in [-0.15, -0.1) is 0 Å². The molecule has 0 atom stereocenters. The molecule has 2 aromatic heterocycles. The number of fused-ring (bicyclic) bond motifs is 9. The summed E-state index contributed by atoms with van der Waals surface area (Å²) in [6, 6.07) is 74.8. The lowest BCUT2D eigenvalue weighted by molar-refractivity contribution is 0.669. The summed E-state index contributed by atoms with van der Waals surface area (Å²) in [5.41, 5.74) is 11.1. The van der Waals surface area contributed by atoms with E-state index in [9.17, 15) is 0 Å². The van der Waals surface area contributed by atoms with Crippen molar-refractivity contribution in [1.29, 1.82) is 0 Å². The van der Waals surface area contributed by atoms with Gasteiger partial charge in [0.2, 0.25) is 0 Å². The second-order valence-corrected chi connectivity index (χ2v) is 15.5. The highest BCUT2D eigenvalue weighted by Gasteiger charge is 2.19. The minimum atomic E-state index is 0.580. The van der Waals surface area contributed by atoms with Gasteiger partial charge in [0.1, 0.15) is 11.2 Å². The van der Waals surface area contributed by atoms with Crippen molar-refractivity contribution in [3.63, 3.8) is 0 Å². The van der Waals surface area contributed by atoms with Crippen molar-refractivity contribution < 1.29 is 4.42 Å². The van der Waals surface area contributed by atoms with E-state index >= 15 is 0 Å². The molecule has 0 bridgehead atoms. The summed E-state index contributed by atoms with van der Waals surface area (Å²) < 4.78 is 6.60. The van der Waals surface area contributed by atoms with Gasteiger partial charge in [-0.2, -0.15) is 0 Å². The van der Waals surface area contributed by atoms with Gasteiger partial charge in [-0.25, -0.2) is 15.0 Å². The van der Waals surface area contributed by atoms with E-state index in [1.54, 1.807) is 0 Å². The van der Waals surface area contributed by atoms with Crippen molar-refractivity contribution in [2.45, 2.75) is 0 Å². The summed E-state index contributed by atoms with van der Waals surface area (Å²) in [4.78, 5) is 15.1. The van der Waals surface area contributed by atoms with Gasteiger partial charge in [0.05, 0.1) is 0 Å². The van der Waals surface area contributed by atoms with Crippen LogP contribution in [0.5, 0.6) is 0 Å². The SMILES string of the molecule is c1ccc(-c2nc(-c3ccccc3)nc(-c3cc(-c4cccc(-c5cccc(-c6ccc7c8ccccc8c8ccccc8c7c6)c5)c4)c4c(c3)oc3ccccc34)n2)cc1. The van der Waals surface area contributed by atoms with Crippen molar-refractivity contribution in [1.82, 2.24) is 15.0 Å². The highest BCUT2D eigenvalue weighted by Crippen LogP contribution is 2.42. The molecule has 0 N–H and O–H groups in total. The fourth-order valence-corrected chi connectivity index (χ4v) is 8.98. The third kappa shape index (κ3) is 6.04. The average Bonchev–Trinajstić information content (AvgIpc) is 3.73. The standard InChI is InChI=1S/C57H35N3O/c1-3-15-36(16-4-1)55-58-56(37-17-5-2-6-18-37)60-57(59-55)43-34-50(54-49-27-11-12-28-52(49)61-53(54)35-43)42-22-14-21-40(32-42)38-19-13-20-39(31-38)41-29-30-48-46-25-8-7-23-44(46)45-24-9-10-26-47(45)51(48)33-41/h1-35H. The Labute approximate surface area is 352 Å². The molecule has 0 saturated carbocycles. The minimum Gasteiger partial charge on any atom is -0.456 e. The zero-order valence-electron chi connectivity index (χ0n) is 33.0. The molecular weight excluding hydrogens is 743 g/mol. The van der Waals surface area contributed by atoms with Gasteiger partial charge in [-0.1, -0.05) is 176 Å². The quantitative estimate of drug-likeness (QED) is 0.158. The fourth-order valence-electron chi connectivity index (χ4n) is 8.98. The first-order chi connectivity index (χ1) is 30.2. The normalized spacial score (nSPS) is 11.6. The molecule has 0 unspecified atom stereocenters. The minimum absolute atomic E-state index is 0.580. The molecule has 0 saturated heterocycles. The van der Waals surface area contributed by atoms with Crippen LogP contribution in [0, 0.1) is 0 Å². The first kappa shape index (κ1) is 34.8. The Balaban J connectivity index is 1.00. The molecule has 0 amide bonds. The maximum Gasteiger partial charge on any atom is 0.164 e. The first-order valence-electron chi connectivity index (χ1n) is 20.6. The van der Waals surface area contributed by atoms with Gasteiger partial charge in [0.15, 0.2) is 17.5 Å². The lowest BCUT2D eigenvalue weighted by Gasteiger charge is -2.13. The van der Waals surface area contributed by atoms with Crippen LogP contribution in [0.1, 0.15) is 0 Å². The maximum atomic E-state index is 6.60. The second-order valence-electron chi connectivity index (χ2n) is 15.5. The Morgan fingerprint density at radius 3 is 1.26 bits per heavy atom. The van der Waals surface area contributed by atoms with Crippen molar-refractivity contribution >= 4 is 54.3 Å². The summed E-state index contributed by atoms with van der Waals surface area (Å²) in [5, 5.41) is 9.77. The van der Waals surface area contributed by atoms with Gasteiger partial charge in [0.25, 0.3) is 0 Å². The van der Waals surface area contributed by atoms with Crippen LogP contribution in [0.15, 0.2) is 217 Å². The first-order valence-corrected chi connectivity index (χ1v) is 20.6. The smallest absolute Gasteiger partial charge is 0.164 e. The molecule has 284 valence electrons. The fraction of sp³-hybridized carbons (Fsp3) is 0. The van der Waals surface area contributed by atoms with Crippen LogP contribution >= 0.6 is 0 Å². The van der Waals surface area contributed by atoms with E-state index < -0.39 is 0 Å². The molecule has 4 nitrogen and oxygen atoms in total. The van der Waals surface area contributed by atoms with Crippen LogP contribution in [0.25, 0.3) is 122 Å². The molecule has 10 aromatic carbocycles. The van der Waals surface area contributed by atoms with E-state index in [1.807, 2.05) is 72.8 Å². The van der Waals surface area contributed by atoms with Crippen molar-refractivity contribution in [2.24, 2.45) is 0 Å². The molecule has 0 spiro atoms. The Hall–Kier alpha value is -8.21. The zero-order chi connectivity index (χ0) is 40.3. The van der Waals surface area contributed by atoms with Crippen LogP contribution in [0.4, 0.5) is 0 Å². The number of nitrogens with zero attached hydrogens (tertiary/aromatic N) is 3. The molecule has 12 aromatic rings. The van der Waals surface area contributed by atoms with Gasteiger partial charge in [-0.05, 0) is 102 Å². The molecule has 12 rings (SSSR count). The molecule has 0 aliphatic rings. The molecule has 0 aliphatic heterocycles. The summed E-state index contributed by atoms with van der Waals surface area (Å²) in [7, 11) is 0. The monoisotopic (exact) mass is 777 g/mol. The number of hydrogen-bond acceptors (Lipinski definition) is 4. The van der Waals surface area contributed by atoms with Gasteiger partial charge < -0.3 is 4.42 Å². The van der Waals surface area contributed by atoms with Crippen molar-refractivity contribution in [3.8, 4) is 67.5 Å². The second kappa shape index (κ2) is 14.3. The van der Waals surface area contributed by atoms with Crippen molar-refractivity contribution in [3.05, 3.63) is 212 Å². The molecular formula is C57H35N3O. The van der Waals surface area contributed by atoms with Crippen LogP contribution < -0.4 is 0 Å². The highest BCUT2D eigenvalue weighted by molar-refractivity contribution is 6.25. The van der Waals surface area contributed by atoms with E-state index in [1.165, 1.54) is 43.4 Å². The summed E-state index contributed by atoms with van der Waals surface area (Å²) >= 11 is 0. The van der Waals surface area contributed by atoms with Crippen LogP contribution in [-0.2, 0) is 0 Å². The Bertz CT molecular complexity index is 3560. The number of aromatic nitrogens is 3. The van der Waals surface area contributed by atoms with Gasteiger partial charge in [-0.3, -0.25) is 0 Å². The Kier molecular flexibility index (Phi) is 8.13. The third-order valence-corrected chi connectivity index (χ3v) is 11.9. The number of benzene rings is 10. The van der Waals surface area contributed by atoms with E-state index in [4.69, 9.17) is 19.4 Å². The lowest BCUT2D eigenvalue weighted by atomic mass is 9.91. The highest BCUT2D eigenvalue weighted by atomic mass is 16.3. The van der Waals surface area contributed by atoms with Crippen LogP contribution in [0.2, 0.25) is 0 Å². The molecule has 0 radical (unpaired) electrons. The number of furan rings is 1. The summed E-state index contributed by atoms with van der Waals surface area (Å²) in [5.74, 6) is 1.81. The van der Waals surface area contributed by atoms with Crippen LogP contribution in [-0.4, -0.2) is 15.0 Å². The Morgan fingerprint density at radius 2 is 0.672 bits per heavy atom.